The van der Waals surface area contributed by atoms with Crippen molar-refractivity contribution in [2.75, 3.05) is 50.5 Å². The van der Waals surface area contributed by atoms with E-state index in [1.165, 1.54) is 11.3 Å². The fourth-order valence-electron chi connectivity index (χ4n) is 3.97. The Kier molecular flexibility index (Phi) is 5.45. The van der Waals surface area contributed by atoms with E-state index in [-0.39, 0.29) is 6.03 Å². The van der Waals surface area contributed by atoms with Gasteiger partial charge >= 0.3 is 6.03 Å². The number of rotatable bonds is 4. The average Bonchev–Trinajstić information content (AvgIpc) is 3.19. The Hall–Kier alpha value is -2.99. The van der Waals surface area contributed by atoms with Crippen LogP contribution < -0.4 is 10.2 Å². The molecule has 2 heterocycles. The van der Waals surface area contributed by atoms with E-state index in [9.17, 15) is 4.79 Å². The Morgan fingerprint density at radius 2 is 1.93 bits per heavy atom. The molecule has 1 saturated heterocycles. The minimum Gasteiger partial charge on any atom is -0.369 e. The van der Waals surface area contributed by atoms with Gasteiger partial charge < -0.3 is 25.0 Å². The van der Waals surface area contributed by atoms with Crippen LogP contribution in [0.25, 0.3) is 10.9 Å². The first-order chi connectivity index (χ1) is 14.0. The molecule has 152 valence electrons. The van der Waals surface area contributed by atoms with E-state index in [0.717, 1.165) is 48.3 Å². The predicted molar refractivity (Wildman–Crippen MR) is 120 cm³/mol. The number of fused-ring (bicyclic) bond motifs is 1. The fraction of sp³-hybridized carbons (Fsp3) is 0.348. The van der Waals surface area contributed by atoms with Crippen LogP contribution in [0, 0.1) is 6.92 Å². The van der Waals surface area contributed by atoms with Crippen molar-refractivity contribution in [3.63, 3.8) is 0 Å². The third-order valence-electron chi connectivity index (χ3n) is 5.73. The molecular weight excluding hydrogens is 362 g/mol. The summed E-state index contributed by atoms with van der Waals surface area (Å²) in [6, 6.07) is 14.3. The monoisotopic (exact) mass is 391 g/mol. The minimum atomic E-state index is -0.107. The molecule has 2 amide bonds. The number of likely N-dealkylation sites (N-methyl/N-ethyl adjacent to an activating group) is 1. The third-order valence-corrected chi connectivity index (χ3v) is 5.73. The Morgan fingerprint density at radius 3 is 2.69 bits per heavy atom. The van der Waals surface area contributed by atoms with Gasteiger partial charge in [-0.15, -0.1) is 0 Å². The van der Waals surface area contributed by atoms with Gasteiger partial charge in [-0.05, 0) is 55.4 Å². The predicted octanol–water partition coefficient (Wildman–Crippen LogP) is 3.89. The SMILES string of the molecule is Cc1cc(NC(=O)N(C)Cc2cccc3[nH]ccc23)ccc1N1CCN(C)CC1. The number of urea groups is 1. The van der Waals surface area contributed by atoms with Crippen LogP contribution in [0.4, 0.5) is 16.2 Å². The van der Waals surface area contributed by atoms with Crippen molar-refractivity contribution in [3.05, 3.63) is 59.8 Å². The summed E-state index contributed by atoms with van der Waals surface area (Å²) >= 11 is 0. The maximum Gasteiger partial charge on any atom is 0.321 e. The molecule has 0 radical (unpaired) electrons. The van der Waals surface area contributed by atoms with Gasteiger partial charge in [-0.25, -0.2) is 4.79 Å². The highest BCUT2D eigenvalue weighted by Crippen LogP contribution is 2.25. The van der Waals surface area contributed by atoms with Gasteiger partial charge in [0.2, 0.25) is 0 Å². The second kappa shape index (κ2) is 8.17. The number of amides is 2. The molecule has 0 atom stereocenters. The van der Waals surface area contributed by atoms with E-state index in [1.54, 1.807) is 4.90 Å². The highest BCUT2D eigenvalue weighted by Gasteiger charge is 2.17. The molecular formula is C23H29N5O. The molecule has 1 aromatic heterocycles. The van der Waals surface area contributed by atoms with Crippen molar-refractivity contribution in [2.24, 2.45) is 0 Å². The quantitative estimate of drug-likeness (QED) is 0.709. The van der Waals surface area contributed by atoms with Gasteiger partial charge in [0.1, 0.15) is 0 Å². The number of nitrogens with one attached hydrogen (secondary N) is 2. The molecule has 29 heavy (non-hydrogen) atoms. The minimum absolute atomic E-state index is 0.107. The summed E-state index contributed by atoms with van der Waals surface area (Å²) in [7, 11) is 3.99. The van der Waals surface area contributed by atoms with Crippen molar-refractivity contribution in [1.82, 2.24) is 14.8 Å². The Bertz CT molecular complexity index is 1000. The fourth-order valence-corrected chi connectivity index (χ4v) is 3.97. The molecule has 4 rings (SSSR count). The zero-order valence-electron chi connectivity index (χ0n) is 17.4. The number of aromatic nitrogens is 1. The molecule has 2 aromatic carbocycles. The zero-order valence-corrected chi connectivity index (χ0v) is 17.4. The number of carbonyl (C=O) groups is 1. The Morgan fingerprint density at radius 1 is 1.14 bits per heavy atom. The van der Waals surface area contributed by atoms with Crippen LogP contribution in [0.15, 0.2) is 48.7 Å². The topological polar surface area (TPSA) is 54.6 Å². The van der Waals surface area contributed by atoms with Gasteiger partial charge in [0.25, 0.3) is 0 Å². The molecule has 0 aliphatic carbocycles. The number of hydrogen-bond donors (Lipinski definition) is 2. The van der Waals surface area contributed by atoms with Gasteiger partial charge in [-0.2, -0.15) is 0 Å². The van der Waals surface area contributed by atoms with Crippen molar-refractivity contribution in [2.45, 2.75) is 13.5 Å². The number of aromatic amines is 1. The first-order valence-electron chi connectivity index (χ1n) is 10.1. The highest BCUT2D eigenvalue weighted by atomic mass is 16.2. The molecule has 1 aliphatic heterocycles. The lowest BCUT2D eigenvalue weighted by Gasteiger charge is -2.35. The number of hydrogen-bond acceptors (Lipinski definition) is 3. The number of nitrogens with zero attached hydrogens (tertiary/aromatic N) is 3. The van der Waals surface area contributed by atoms with Crippen LogP contribution in [0.2, 0.25) is 0 Å². The maximum absolute atomic E-state index is 12.7. The number of benzene rings is 2. The zero-order chi connectivity index (χ0) is 20.4. The molecule has 3 aromatic rings. The average molecular weight is 392 g/mol. The summed E-state index contributed by atoms with van der Waals surface area (Å²) < 4.78 is 0. The molecule has 0 saturated carbocycles. The highest BCUT2D eigenvalue weighted by molar-refractivity contribution is 5.90. The van der Waals surface area contributed by atoms with E-state index in [0.29, 0.717) is 6.54 Å². The maximum atomic E-state index is 12.7. The van der Waals surface area contributed by atoms with Crippen LogP contribution in [-0.2, 0) is 6.54 Å². The number of H-pyrrole nitrogens is 1. The van der Waals surface area contributed by atoms with Crippen LogP contribution >= 0.6 is 0 Å². The molecule has 1 fully saturated rings. The standard InChI is InChI=1S/C23H29N5O/c1-17-15-19(7-8-22(17)28-13-11-26(2)12-14-28)25-23(29)27(3)16-18-5-4-6-21-20(18)9-10-24-21/h4-10,15,24H,11-14,16H2,1-3H3,(H,25,29). The lowest BCUT2D eigenvalue weighted by atomic mass is 10.1. The van der Waals surface area contributed by atoms with E-state index < -0.39 is 0 Å². The van der Waals surface area contributed by atoms with Crippen LogP contribution in [0.3, 0.4) is 0 Å². The summed E-state index contributed by atoms with van der Waals surface area (Å²) in [6.45, 7) is 6.90. The van der Waals surface area contributed by atoms with Gasteiger partial charge in [-0.1, -0.05) is 12.1 Å². The van der Waals surface area contributed by atoms with Crippen LogP contribution in [0.1, 0.15) is 11.1 Å². The second-order valence-corrected chi connectivity index (χ2v) is 7.93. The molecule has 0 unspecified atom stereocenters. The molecule has 2 N–H and O–H groups in total. The summed E-state index contributed by atoms with van der Waals surface area (Å²) in [4.78, 5) is 22.4. The summed E-state index contributed by atoms with van der Waals surface area (Å²) in [5.74, 6) is 0. The van der Waals surface area contributed by atoms with Gasteiger partial charge in [0, 0.05) is 68.2 Å². The van der Waals surface area contributed by atoms with E-state index in [1.807, 2.05) is 31.4 Å². The van der Waals surface area contributed by atoms with E-state index >= 15 is 0 Å². The largest absolute Gasteiger partial charge is 0.369 e. The van der Waals surface area contributed by atoms with Crippen molar-refractivity contribution in [3.8, 4) is 0 Å². The number of anilines is 2. The number of aryl methyl sites for hydroxylation is 1. The summed E-state index contributed by atoms with van der Waals surface area (Å²) in [6.07, 6.45) is 1.93. The first-order valence-corrected chi connectivity index (χ1v) is 10.1. The summed E-state index contributed by atoms with van der Waals surface area (Å²) in [5, 5.41) is 4.19. The molecule has 0 bridgehead atoms. The molecule has 6 nitrogen and oxygen atoms in total. The first kappa shape index (κ1) is 19.3. The Labute approximate surface area is 172 Å². The summed E-state index contributed by atoms with van der Waals surface area (Å²) in [5.41, 5.74) is 5.49. The molecule has 1 aliphatic rings. The molecule has 6 heteroatoms. The molecule has 0 spiro atoms. The Balaban J connectivity index is 1.41. The van der Waals surface area contributed by atoms with Gasteiger partial charge in [-0.3, -0.25) is 0 Å². The van der Waals surface area contributed by atoms with Crippen molar-refractivity contribution >= 4 is 28.3 Å². The number of piperazine rings is 1. The van der Waals surface area contributed by atoms with E-state index in [4.69, 9.17) is 0 Å². The second-order valence-electron chi connectivity index (χ2n) is 7.93. The number of carbonyl (C=O) groups excluding carboxylic acids is 1. The van der Waals surface area contributed by atoms with Crippen LogP contribution in [-0.4, -0.2) is 61.1 Å². The van der Waals surface area contributed by atoms with Crippen LogP contribution in [0.5, 0.6) is 0 Å². The smallest absolute Gasteiger partial charge is 0.321 e. The third kappa shape index (κ3) is 4.22. The van der Waals surface area contributed by atoms with Crippen molar-refractivity contribution in [1.29, 1.82) is 0 Å². The lowest BCUT2D eigenvalue weighted by molar-refractivity contribution is 0.221. The lowest BCUT2D eigenvalue weighted by Crippen LogP contribution is -2.44. The van der Waals surface area contributed by atoms with Gasteiger partial charge in [0.15, 0.2) is 0 Å². The van der Waals surface area contributed by atoms with E-state index in [2.05, 4.69) is 58.3 Å². The van der Waals surface area contributed by atoms with Crippen molar-refractivity contribution < 1.29 is 4.79 Å². The van der Waals surface area contributed by atoms with Gasteiger partial charge in [0.05, 0.1) is 0 Å². The normalized spacial score (nSPS) is 14.9.